The highest BCUT2D eigenvalue weighted by atomic mass is 16.5. The van der Waals surface area contributed by atoms with Crippen LogP contribution in [0.5, 0.6) is 5.75 Å². The zero-order valence-corrected chi connectivity index (χ0v) is 18.5. The minimum atomic E-state index is -0.297. The lowest BCUT2D eigenvalue weighted by molar-refractivity contribution is 0.0946. The summed E-state index contributed by atoms with van der Waals surface area (Å²) < 4.78 is 5.30. The van der Waals surface area contributed by atoms with E-state index >= 15 is 0 Å². The van der Waals surface area contributed by atoms with Gasteiger partial charge >= 0.3 is 0 Å². The van der Waals surface area contributed by atoms with Crippen LogP contribution in [0.2, 0.25) is 0 Å². The third-order valence-electron chi connectivity index (χ3n) is 5.08. The summed E-state index contributed by atoms with van der Waals surface area (Å²) in [6.45, 7) is 14.6. The van der Waals surface area contributed by atoms with Gasteiger partial charge in [-0.15, -0.1) is 0 Å². The fraction of sp³-hybridized carbons (Fsp3) is 0.619. The Balaban J connectivity index is 2.85. The Morgan fingerprint density at radius 2 is 1.31 bits per heavy atom. The molecular weight excluding hydrogens is 370 g/mol. The van der Waals surface area contributed by atoms with Crippen LogP contribution in [0.25, 0.3) is 0 Å². The zero-order chi connectivity index (χ0) is 21.8. The number of nitrogen functional groups attached to an aromatic ring is 1. The number of hydrogen-bond donors (Lipinski definition) is 3. The van der Waals surface area contributed by atoms with E-state index in [1.54, 1.807) is 0 Å². The lowest BCUT2D eigenvalue weighted by Crippen LogP contribution is -2.36. The van der Waals surface area contributed by atoms with Crippen molar-refractivity contribution in [3.05, 3.63) is 23.3 Å². The molecule has 0 fully saturated rings. The molecule has 0 saturated heterocycles. The first-order valence-electron chi connectivity index (χ1n) is 10.4. The second-order valence-electron chi connectivity index (χ2n) is 6.71. The number of methoxy groups -OCH3 is 1. The number of ether oxygens (including phenoxy) is 1. The summed E-state index contributed by atoms with van der Waals surface area (Å²) >= 11 is 0. The predicted octanol–water partition coefficient (Wildman–Crippen LogP) is 1.42. The molecule has 1 aromatic carbocycles. The lowest BCUT2D eigenvalue weighted by atomic mass is 10.1. The highest BCUT2D eigenvalue weighted by Gasteiger charge is 2.19. The molecule has 0 bridgehead atoms. The Bertz CT molecular complexity index is 658. The molecule has 0 atom stereocenters. The summed E-state index contributed by atoms with van der Waals surface area (Å²) in [5, 5.41) is 5.77. The SMILES string of the molecule is CCN(CC)CCNC(=O)c1cc(C(=O)NCCN(CC)CC)c(OC)cc1N. The molecule has 0 aliphatic rings. The number of carbonyl (C=O) groups excluding carboxylic acids is 2. The van der Waals surface area contributed by atoms with Gasteiger partial charge in [0, 0.05) is 37.9 Å². The summed E-state index contributed by atoms with van der Waals surface area (Å²) in [4.78, 5) is 29.7. The molecule has 0 radical (unpaired) electrons. The first-order valence-corrected chi connectivity index (χ1v) is 10.4. The maximum absolute atomic E-state index is 12.7. The van der Waals surface area contributed by atoms with Crippen LogP contribution in [0.15, 0.2) is 12.1 Å². The number of nitrogens with zero attached hydrogens (tertiary/aromatic N) is 2. The average Bonchev–Trinajstić information content (AvgIpc) is 2.73. The first kappa shape index (κ1) is 24.7. The van der Waals surface area contributed by atoms with Crippen molar-refractivity contribution in [2.45, 2.75) is 27.7 Å². The van der Waals surface area contributed by atoms with Crippen molar-refractivity contribution in [2.24, 2.45) is 0 Å². The van der Waals surface area contributed by atoms with Gasteiger partial charge in [-0.05, 0) is 32.2 Å². The maximum Gasteiger partial charge on any atom is 0.255 e. The number of carbonyl (C=O) groups is 2. The van der Waals surface area contributed by atoms with E-state index in [1.165, 1.54) is 19.2 Å². The van der Waals surface area contributed by atoms with Crippen molar-refractivity contribution in [1.82, 2.24) is 20.4 Å². The fourth-order valence-corrected chi connectivity index (χ4v) is 3.06. The highest BCUT2D eigenvalue weighted by Crippen LogP contribution is 2.25. The lowest BCUT2D eigenvalue weighted by Gasteiger charge is -2.19. The van der Waals surface area contributed by atoms with Crippen LogP contribution in [0.1, 0.15) is 48.4 Å². The number of benzene rings is 1. The van der Waals surface area contributed by atoms with Crippen molar-refractivity contribution >= 4 is 17.5 Å². The highest BCUT2D eigenvalue weighted by molar-refractivity contribution is 6.04. The summed E-state index contributed by atoms with van der Waals surface area (Å²) in [6.07, 6.45) is 0. The van der Waals surface area contributed by atoms with Crippen LogP contribution in [-0.4, -0.2) is 81.1 Å². The fourth-order valence-electron chi connectivity index (χ4n) is 3.06. The molecule has 0 aliphatic carbocycles. The summed E-state index contributed by atoms with van der Waals surface area (Å²) in [6, 6.07) is 3.03. The van der Waals surface area contributed by atoms with Gasteiger partial charge in [0.2, 0.25) is 0 Å². The van der Waals surface area contributed by atoms with Gasteiger partial charge in [0.1, 0.15) is 5.75 Å². The van der Waals surface area contributed by atoms with Gasteiger partial charge in [0.05, 0.1) is 18.2 Å². The van der Waals surface area contributed by atoms with Crippen molar-refractivity contribution in [2.75, 3.05) is 65.2 Å². The summed E-state index contributed by atoms with van der Waals surface area (Å²) in [7, 11) is 1.48. The van der Waals surface area contributed by atoms with Crippen LogP contribution < -0.4 is 21.1 Å². The molecule has 8 nitrogen and oxygen atoms in total. The van der Waals surface area contributed by atoms with E-state index in [4.69, 9.17) is 10.5 Å². The number of amides is 2. The van der Waals surface area contributed by atoms with Crippen molar-refractivity contribution in [1.29, 1.82) is 0 Å². The van der Waals surface area contributed by atoms with Crippen LogP contribution >= 0.6 is 0 Å². The van der Waals surface area contributed by atoms with E-state index in [0.29, 0.717) is 24.4 Å². The molecule has 1 aromatic rings. The molecule has 4 N–H and O–H groups in total. The first-order chi connectivity index (χ1) is 13.9. The molecule has 2 amide bonds. The van der Waals surface area contributed by atoms with E-state index in [9.17, 15) is 9.59 Å². The number of nitrogens with one attached hydrogen (secondary N) is 2. The van der Waals surface area contributed by atoms with Crippen molar-refractivity contribution in [3.63, 3.8) is 0 Å². The molecule has 0 heterocycles. The smallest absolute Gasteiger partial charge is 0.255 e. The molecule has 0 saturated carbocycles. The largest absolute Gasteiger partial charge is 0.496 e. The molecule has 164 valence electrons. The minimum Gasteiger partial charge on any atom is -0.496 e. The number of rotatable bonds is 13. The monoisotopic (exact) mass is 407 g/mol. The Kier molecular flexibility index (Phi) is 11.1. The average molecular weight is 408 g/mol. The maximum atomic E-state index is 12.7. The van der Waals surface area contributed by atoms with E-state index in [1.807, 2.05) is 0 Å². The molecule has 0 aliphatic heterocycles. The van der Waals surface area contributed by atoms with E-state index in [-0.39, 0.29) is 23.1 Å². The van der Waals surface area contributed by atoms with Crippen LogP contribution in [0, 0.1) is 0 Å². The molecule has 29 heavy (non-hydrogen) atoms. The molecule has 0 unspecified atom stereocenters. The molecule has 8 heteroatoms. The minimum absolute atomic E-state index is 0.277. The standard InChI is InChI=1S/C21H37N5O3/c1-6-25(7-2)12-10-23-20(27)16-14-17(19(29-5)15-18(16)22)21(28)24-11-13-26(8-3)9-4/h14-15H,6-13,22H2,1-5H3,(H,23,27)(H,24,28). The Hall–Kier alpha value is -2.32. The Morgan fingerprint density at radius 1 is 0.862 bits per heavy atom. The quantitative estimate of drug-likeness (QED) is 0.428. The zero-order valence-electron chi connectivity index (χ0n) is 18.5. The van der Waals surface area contributed by atoms with E-state index in [0.717, 1.165) is 39.3 Å². The van der Waals surface area contributed by atoms with Crippen molar-refractivity contribution < 1.29 is 14.3 Å². The molecular formula is C21H37N5O3. The predicted molar refractivity (Wildman–Crippen MR) is 118 cm³/mol. The van der Waals surface area contributed by atoms with Gasteiger partial charge in [0.15, 0.2) is 0 Å². The van der Waals surface area contributed by atoms with E-state index < -0.39 is 0 Å². The topological polar surface area (TPSA) is 99.9 Å². The third kappa shape index (κ3) is 7.55. The number of nitrogens with two attached hydrogens (primary N) is 1. The van der Waals surface area contributed by atoms with Crippen molar-refractivity contribution in [3.8, 4) is 5.75 Å². The van der Waals surface area contributed by atoms with Gasteiger partial charge in [-0.25, -0.2) is 0 Å². The van der Waals surface area contributed by atoms with Gasteiger partial charge in [-0.1, -0.05) is 27.7 Å². The van der Waals surface area contributed by atoms with E-state index in [2.05, 4.69) is 48.1 Å². The second kappa shape index (κ2) is 13.0. The normalized spacial score (nSPS) is 11.0. The Labute approximate surface area is 174 Å². The summed E-state index contributed by atoms with van der Waals surface area (Å²) in [5.41, 5.74) is 6.89. The van der Waals surface area contributed by atoms with Crippen LogP contribution in [-0.2, 0) is 0 Å². The molecule has 1 rings (SSSR count). The molecule has 0 aromatic heterocycles. The van der Waals surface area contributed by atoms with Gasteiger partial charge in [-0.3, -0.25) is 9.59 Å². The Morgan fingerprint density at radius 3 is 1.72 bits per heavy atom. The third-order valence-corrected chi connectivity index (χ3v) is 5.08. The second-order valence-corrected chi connectivity index (χ2v) is 6.71. The number of anilines is 1. The van der Waals surface area contributed by atoms with Gasteiger partial charge < -0.3 is 30.9 Å². The van der Waals surface area contributed by atoms with Crippen LogP contribution in [0.4, 0.5) is 5.69 Å². The van der Waals surface area contributed by atoms with Gasteiger partial charge in [0.25, 0.3) is 11.8 Å². The summed E-state index contributed by atoms with van der Waals surface area (Å²) in [5.74, 6) is -0.233. The van der Waals surface area contributed by atoms with Crippen LogP contribution in [0.3, 0.4) is 0 Å². The van der Waals surface area contributed by atoms with Gasteiger partial charge in [-0.2, -0.15) is 0 Å². The number of likely N-dealkylation sites (N-methyl/N-ethyl adjacent to an activating group) is 2. The number of hydrogen-bond acceptors (Lipinski definition) is 6. The molecule has 0 spiro atoms.